The van der Waals surface area contributed by atoms with E-state index in [1.807, 2.05) is 25.1 Å². The fraction of sp³-hybridized carbons (Fsp3) is 0.182. The first kappa shape index (κ1) is 10.8. The maximum Gasteiger partial charge on any atom is 0.133 e. The maximum atomic E-state index is 5.00. The Morgan fingerprint density at radius 2 is 2.07 bits per heavy atom. The number of halogens is 1. The van der Waals surface area contributed by atoms with Crippen LogP contribution in [0.4, 0.5) is 0 Å². The van der Waals surface area contributed by atoms with Crippen LogP contribution in [0, 0.1) is 6.92 Å². The molecule has 15 heavy (non-hydrogen) atoms. The molecule has 0 N–H and O–H groups in total. The van der Waals surface area contributed by atoms with Crippen LogP contribution in [0.25, 0.3) is 0 Å². The van der Waals surface area contributed by atoms with Gasteiger partial charge in [-0.3, -0.25) is 0 Å². The Kier molecular flexibility index (Phi) is 3.49. The maximum absolute atomic E-state index is 5.00. The largest absolute Gasteiger partial charge is 0.361 e. The van der Waals surface area contributed by atoms with Crippen molar-refractivity contribution < 1.29 is 4.52 Å². The van der Waals surface area contributed by atoms with Gasteiger partial charge in [-0.05, 0) is 31.2 Å². The van der Waals surface area contributed by atoms with Gasteiger partial charge in [-0.25, -0.2) is 0 Å². The van der Waals surface area contributed by atoms with E-state index >= 15 is 0 Å². The normalized spacial score (nSPS) is 10.5. The second-order valence-corrected chi connectivity index (χ2v) is 5.14. The molecule has 0 aliphatic rings. The number of thioether (sulfide) groups is 1. The molecule has 0 unspecified atom stereocenters. The molecule has 0 atom stereocenters. The van der Waals surface area contributed by atoms with E-state index < -0.39 is 0 Å². The molecule has 78 valence electrons. The summed E-state index contributed by atoms with van der Waals surface area (Å²) in [5, 5.41) is 3.94. The Balaban J connectivity index is 1.96. The van der Waals surface area contributed by atoms with Gasteiger partial charge in [-0.15, -0.1) is 11.8 Å². The predicted molar refractivity (Wildman–Crippen MR) is 64.9 cm³/mol. The lowest BCUT2D eigenvalue weighted by Gasteiger charge is -1.98. The molecule has 2 nitrogen and oxygen atoms in total. The number of benzene rings is 1. The van der Waals surface area contributed by atoms with Gasteiger partial charge in [0.25, 0.3) is 0 Å². The Bertz CT molecular complexity index is 438. The van der Waals surface area contributed by atoms with Crippen LogP contribution in [0.3, 0.4) is 0 Å². The zero-order valence-electron chi connectivity index (χ0n) is 8.24. The zero-order chi connectivity index (χ0) is 10.7. The third-order valence-electron chi connectivity index (χ3n) is 1.88. The lowest BCUT2D eigenvalue weighted by Crippen LogP contribution is -1.79. The highest BCUT2D eigenvalue weighted by Crippen LogP contribution is 2.24. The molecule has 0 fully saturated rings. The van der Waals surface area contributed by atoms with Crippen LogP contribution in [0.15, 0.2) is 44.2 Å². The summed E-state index contributed by atoms with van der Waals surface area (Å²) in [5.74, 6) is 1.71. The van der Waals surface area contributed by atoms with Crippen LogP contribution in [-0.2, 0) is 5.75 Å². The summed E-state index contributed by atoms with van der Waals surface area (Å²) in [6.07, 6.45) is 0. The summed E-state index contributed by atoms with van der Waals surface area (Å²) in [6, 6.07) is 10.2. The smallest absolute Gasteiger partial charge is 0.133 e. The quantitative estimate of drug-likeness (QED) is 0.796. The summed E-state index contributed by atoms with van der Waals surface area (Å²) in [6.45, 7) is 1.90. The zero-order valence-corrected chi connectivity index (χ0v) is 10.6. The van der Waals surface area contributed by atoms with Crippen LogP contribution in [0.5, 0.6) is 0 Å². The van der Waals surface area contributed by atoms with Gasteiger partial charge < -0.3 is 4.52 Å². The predicted octanol–water partition coefficient (Wildman–Crippen LogP) is 4.04. The summed E-state index contributed by atoms with van der Waals surface area (Å²) >= 11 is 5.16. The monoisotopic (exact) mass is 283 g/mol. The summed E-state index contributed by atoms with van der Waals surface area (Å²) in [7, 11) is 0. The van der Waals surface area contributed by atoms with Gasteiger partial charge in [0, 0.05) is 21.2 Å². The van der Waals surface area contributed by atoms with Gasteiger partial charge in [-0.1, -0.05) is 21.1 Å². The standard InChI is InChI=1S/C11H10BrNOS/c1-8-6-10(13-14-8)7-15-11-4-2-9(12)3-5-11/h2-6H,7H2,1H3. The average molecular weight is 284 g/mol. The van der Waals surface area contributed by atoms with E-state index in [1.54, 1.807) is 11.8 Å². The van der Waals surface area contributed by atoms with Gasteiger partial charge in [0.2, 0.25) is 0 Å². The third-order valence-corrected chi connectivity index (χ3v) is 3.45. The summed E-state index contributed by atoms with van der Waals surface area (Å²) < 4.78 is 6.10. The highest BCUT2D eigenvalue weighted by molar-refractivity contribution is 9.10. The van der Waals surface area contributed by atoms with Crippen LogP contribution in [-0.4, -0.2) is 5.16 Å². The van der Waals surface area contributed by atoms with Crippen LogP contribution in [0.1, 0.15) is 11.5 Å². The lowest BCUT2D eigenvalue weighted by atomic mass is 10.4. The minimum Gasteiger partial charge on any atom is -0.361 e. The van der Waals surface area contributed by atoms with E-state index in [2.05, 4.69) is 33.2 Å². The van der Waals surface area contributed by atoms with Gasteiger partial charge >= 0.3 is 0 Å². The average Bonchev–Trinajstić information content (AvgIpc) is 2.64. The van der Waals surface area contributed by atoms with E-state index in [0.29, 0.717) is 0 Å². The van der Waals surface area contributed by atoms with Crippen molar-refractivity contribution in [1.82, 2.24) is 5.16 Å². The molecular weight excluding hydrogens is 274 g/mol. The summed E-state index contributed by atoms with van der Waals surface area (Å²) in [4.78, 5) is 1.24. The molecule has 0 spiro atoms. The van der Waals surface area contributed by atoms with Crippen molar-refractivity contribution in [2.24, 2.45) is 0 Å². The van der Waals surface area contributed by atoms with Crippen molar-refractivity contribution >= 4 is 27.7 Å². The first-order valence-corrected chi connectivity index (χ1v) is 6.32. The van der Waals surface area contributed by atoms with Crippen LogP contribution < -0.4 is 0 Å². The molecule has 0 saturated carbocycles. The molecule has 0 aliphatic heterocycles. The van der Waals surface area contributed by atoms with Crippen molar-refractivity contribution in [3.05, 3.63) is 46.3 Å². The van der Waals surface area contributed by atoms with Crippen molar-refractivity contribution in [1.29, 1.82) is 0 Å². The molecule has 0 aliphatic carbocycles. The van der Waals surface area contributed by atoms with Crippen LogP contribution >= 0.6 is 27.7 Å². The Morgan fingerprint density at radius 1 is 1.33 bits per heavy atom. The number of hydrogen-bond donors (Lipinski definition) is 0. The molecule has 1 aromatic carbocycles. The number of aromatic nitrogens is 1. The van der Waals surface area contributed by atoms with E-state index in [1.165, 1.54) is 4.90 Å². The van der Waals surface area contributed by atoms with E-state index in [4.69, 9.17) is 4.52 Å². The van der Waals surface area contributed by atoms with Crippen molar-refractivity contribution in [3.8, 4) is 0 Å². The minimum atomic E-state index is 0.846. The van der Waals surface area contributed by atoms with Gasteiger partial charge in [0.1, 0.15) is 5.76 Å². The summed E-state index contributed by atoms with van der Waals surface area (Å²) in [5.41, 5.74) is 0.986. The molecule has 1 heterocycles. The molecular formula is C11H10BrNOS. The minimum absolute atomic E-state index is 0.846. The SMILES string of the molecule is Cc1cc(CSc2ccc(Br)cc2)no1. The first-order chi connectivity index (χ1) is 7.24. The number of nitrogens with zero attached hydrogens (tertiary/aromatic N) is 1. The molecule has 0 radical (unpaired) electrons. The van der Waals surface area contributed by atoms with Crippen molar-refractivity contribution in [3.63, 3.8) is 0 Å². The molecule has 1 aromatic heterocycles. The Labute approximate surface area is 101 Å². The van der Waals surface area contributed by atoms with Gasteiger partial charge in [0.05, 0.1) is 5.69 Å². The Morgan fingerprint density at radius 3 is 2.67 bits per heavy atom. The molecule has 0 amide bonds. The number of rotatable bonds is 3. The molecule has 0 bridgehead atoms. The van der Waals surface area contributed by atoms with E-state index in [-0.39, 0.29) is 0 Å². The molecule has 4 heteroatoms. The second-order valence-electron chi connectivity index (χ2n) is 3.17. The van der Waals surface area contributed by atoms with E-state index in [0.717, 1.165) is 21.7 Å². The van der Waals surface area contributed by atoms with Crippen LogP contribution in [0.2, 0.25) is 0 Å². The fourth-order valence-electron chi connectivity index (χ4n) is 1.17. The second kappa shape index (κ2) is 4.86. The Hall–Kier alpha value is -0.740. The highest BCUT2D eigenvalue weighted by Gasteiger charge is 2.01. The van der Waals surface area contributed by atoms with Crippen molar-refractivity contribution in [2.45, 2.75) is 17.6 Å². The fourth-order valence-corrected chi connectivity index (χ4v) is 2.22. The van der Waals surface area contributed by atoms with Crippen molar-refractivity contribution in [2.75, 3.05) is 0 Å². The van der Waals surface area contributed by atoms with E-state index in [9.17, 15) is 0 Å². The third kappa shape index (κ3) is 3.11. The molecule has 2 aromatic rings. The molecule has 0 saturated heterocycles. The van der Waals surface area contributed by atoms with Gasteiger partial charge in [-0.2, -0.15) is 0 Å². The number of hydrogen-bond acceptors (Lipinski definition) is 3. The lowest BCUT2D eigenvalue weighted by molar-refractivity contribution is 0.393. The highest BCUT2D eigenvalue weighted by atomic mass is 79.9. The topological polar surface area (TPSA) is 26.0 Å². The van der Waals surface area contributed by atoms with Gasteiger partial charge in [0.15, 0.2) is 0 Å². The number of aryl methyl sites for hydroxylation is 1. The first-order valence-electron chi connectivity index (χ1n) is 4.54. The molecule has 2 rings (SSSR count).